The first-order valence-electron chi connectivity index (χ1n) is 6.98. The lowest BCUT2D eigenvalue weighted by Gasteiger charge is -2.31. The average molecular weight is 263 g/mol. The summed E-state index contributed by atoms with van der Waals surface area (Å²) in [7, 11) is 0. The highest BCUT2D eigenvalue weighted by molar-refractivity contribution is 6.00. The molecule has 0 bridgehead atoms. The van der Waals surface area contributed by atoms with E-state index in [9.17, 15) is 9.18 Å². The fourth-order valence-electron chi connectivity index (χ4n) is 2.35. The second-order valence-corrected chi connectivity index (χ2v) is 5.86. The minimum Gasteiger partial charge on any atom is -0.368 e. The summed E-state index contributed by atoms with van der Waals surface area (Å²) in [6, 6.07) is 3.51. The predicted molar refractivity (Wildman–Crippen MR) is 76.3 cm³/mol. The molecule has 0 heterocycles. The van der Waals surface area contributed by atoms with E-state index in [0.29, 0.717) is 17.2 Å². The van der Waals surface area contributed by atoms with Crippen molar-refractivity contribution in [2.75, 3.05) is 11.4 Å². The van der Waals surface area contributed by atoms with E-state index >= 15 is 0 Å². The van der Waals surface area contributed by atoms with Crippen molar-refractivity contribution in [1.29, 1.82) is 0 Å². The Hall–Kier alpha value is -1.38. The summed E-state index contributed by atoms with van der Waals surface area (Å²) in [5, 5.41) is 0. The first-order valence-corrected chi connectivity index (χ1v) is 6.98. The Morgan fingerprint density at radius 2 is 2.05 bits per heavy atom. The molecule has 104 valence electrons. The monoisotopic (exact) mass is 263 g/mol. The topological polar surface area (TPSA) is 20.3 Å². The quantitative estimate of drug-likeness (QED) is 0.749. The summed E-state index contributed by atoms with van der Waals surface area (Å²) in [6.45, 7) is 8.45. The maximum absolute atomic E-state index is 13.7. The Balaban J connectivity index is 2.43. The van der Waals surface area contributed by atoms with E-state index in [1.54, 1.807) is 6.92 Å². The van der Waals surface area contributed by atoms with Gasteiger partial charge in [0.15, 0.2) is 5.78 Å². The molecule has 0 atom stereocenters. The smallest absolute Gasteiger partial charge is 0.161 e. The molecule has 0 N–H and O–H groups in total. The maximum Gasteiger partial charge on any atom is 0.161 e. The van der Waals surface area contributed by atoms with Crippen LogP contribution in [0.5, 0.6) is 0 Å². The molecule has 0 spiro atoms. The first-order chi connectivity index (χ1) is 8.90. The van der Waals surface area contributed by atoms with Gasteiger partial charge in [0.1, 0.15) is 5.82 Å². The molecule has 2 nitrogen and oxygen atoms in total. The average Bonchev–Trinajstić information content (AvgIpc) is 3.12. The van der Waals surface area contributed by atoms with Gasteiger partial charge >= 0.3 is 0 Å². The number of nitrogens with zero attached hydrogens (tertiary/aromatic N) is 1. The number of ketones is 1. The molecule has 1 aliphatic rings. The van der Waals surface area contributed by atoms with Crippen LogP contribution in [0.2, 0.25) is 0 Å². The minimum absolute atomic E-state index is 0.0738. The van der Waals surface area contributed by atoms with Crippen molar-refractivity contribution in [2.24, 2.45) is 5.92 Å². The number of aryl methyl sites for hydroxylation is 1. The van der Waals surface area contributed by atoms with Crippen LogP contribution in [0.1, 0.15) is 49.5 Å². The number of rotatable bonds is 5. The van der Waals surface area contributed by atoms with Gasteiger partial charge in [-0.2, -0.15) is 0 Å². The third kappa shape index (κ3) is 3.14. The largest absolute Gasteiger partial charge is 0.368 e. The van der Waals surface area contributed by atoms with Crippen LogP contribution in [-0.4, -0.2) is 18.4 Å². The molecule has 0 aliphatic heterocycles. The van der Waals surface area contributed by atoms with E-state index in [-0.39, 0.29) is 11.6 Å². The van der Waals surface area contributed by atoms with Gasteiger partial charge in [0.25, 0.3) is 0 Å². The summed E-state index contributed by atoms with van der Waals surface area (Å²) >= 11 is 0. The van der Waals surface area contributed by atoms with E-state index in [1.165, 1.54) is 25.8 Å². The molecule has 0 aromatic heterocycles. The normalized spacial score (nSPS) is 14.8. The zero-order valence-electron chi connectivity index (χ0n) is 12.2. The lowest BCUT2D eigenvalue weighted by atomic mass is 10.0. The van der Waals surface area contributed by atoms with Crippen LogP contribution in [0, 0.1) is 18.7 Å². The van der Waals surface area contributed by atoms with E-state index in [1.807, 2.05) is 6.07 Å². The highest BCUT2D eigenvalue weighted by atomic mass is 19.1. The van der Waals surface area contributed by atoms with Gasteiger partial charge in [0.05, 0.1) is 0 Å². The summed E-state index contributed by atoms with van der Waals surface area (Å²) in [5.41, 5.74) is 1.98. The molecule has 19 heavy (non-hydrogen) atoms. The lowest BCUT2D eigenvalue weighted by Crippen LogP contribution is -2.34. The van der Waals surface area contributed by atoms with Crippen molar-refractivity contribution in [3.05, 3.63) is 29.1 Å². The number of carbonyl (C=O) groups is 1. The van der Waals surface area contributed by atoms with Crippen LogP contribution in [0.15, 0.2) is 12.1 Å². The SMILES string of the molecule is CC(=O)c1cc(F)c(C)cc1N(CC1CC1)C(C)C. The zero-order valence-corrected chi connectivity index (χ0v) is 12.2. The van der Waals surface area contributed by atoms with Crippen molar-refractivity contribution >= 4 is 11.5 Å². The van der Waals surface area contributed by atoms with Gasteiger partial charge in [-0.1, -0.05) is 0 Å². The van der Waals surface area contributed by atoms with Gasteiger partial charge in [-0.3, -0.25) is 4.79 Å². The number of hydrogen-bond acceptors (Lipinski definition) is 2. The molecule has 3 heteroatoms. The number of carbonyl (C=O) groups excluding carboxylic acids is 1. The molecule has 1 aliphatic carbocycles. The number of anilines is 1. The summed E-state index contributed by atoms with van der Waals surface area (Å²) in [5.74, 6) is 0.354. The first kappa shape index (κ1) is 14.0. The highest BCUT2D eigenvalue weighted by Gasteiger charge is 2.27. The molecular weight excluding hydrogens is 241 g/mol. The van der Waals surface area contributed by atoms with Gasteiger partial charge < -0.3 is 4.90 Å². The number of benzene rings is 1. The van der Waals surface area contributed by atoms with E-state index in [4.69, 9.17) is 0 Å². The van der Waals surface area contributed by atoms with Crippen molar-refractivity contribution in [1.82, 2.24) is 0 Å². The number of hydrogen-bond donors (Lipinski definition) is 0. The molecule has 1 aromatic carbocycles. The van der Waals surface area contributed by atoms with Gasteiger partial charge in [-0.15, -0.1) is 0 Å². The molecule has 1 fully saturated rings. The Bertz CT molecular complexity index is 492. The van der Waals surface area contributed by atoms with Crippen LogP contribution in [0.4, 0.5) is 10.1 Å². The van der Waals surface area contributed by atoms with Crippen molar-refractivity contribution in [2.45, 2.75) is 46.6 Å². The third-order valence-electron chi connectivity index (χ3n) is 3.74. The number of Topliss-reactive ketones (excluding diaryl/α,β-unsaturated/α-hetero) is 1. The Kier molecular flexibility index (Phi) is 3.93. The molecular formula is C16H22FNO. The third-order valence-corrected chi connectivity index (χ3v) is 3.74. The maximum atomic E-state index is 13.7. The Morgan fingerprint density at radius 1 is 1.42 bits per heavy atom. The van der Waals surface area contributed by atoms with Gasteiger partial charge in [-0.25, -0.2) is 4.39 Å². The van der Waals surface area contributed by atoms with E-state index < -0.39 is 0 Å². The minimum atomic E-state index is -0.302. The number of halogens is 1. The molecule has 0 radical (unpaired) electrons. The molecule has 0 amide bonds. The summed E-state index contributed by atoms with van der Waals surface area (Å²) in [4.78, 5) is 14.0. The van der Waals surface area contributed by atoms with Crippen LogP contribution in [0.3, 0.4) is 0 Å². The van der Waals surface area contributed by atoms with Gasteiger partial charge in [0, 0.05) is 23.8 Å². The van der Waals surface area contributed by atoms with Crippen molar-refractivity contribution in [3.63, 3.8) is 0 Å². The molecule has 2 rings (SSSR count). The molecule has 0 saturated heterocycles. The van der Waals surface area contributed by atoms with Crippen molar-refractivity contribution < 1.29 is 9.18 Å². The van der Waals surface area contributed by atoms with Gasteiger partial charge in [-0.05, 0) is 64.2 Å². The molecule has 0 unspecified atom stereocenters. The molecule has 1 saturated carbocycles. The zero-order chi connectivity index (χ0) is 14.2. The van der Waals surface area contributed by atoms with Crippen LogP contribution in [0.25, 0.3) is 0 Å². The predicted octanol–water partition coefficient (Wildman–Crippen LogP) is 3.96. The second kappa shape index (κ2) is 5.32. The summed E-state index contributed by atoms with van der Waals surface area (Å²) in [6.07, 6.45) is 2.53. The summed E-state index contributed by atoms with van der Waals surface area (Å²) < 4.78 is 13.7. The fourth-order valence-corrected chi connectivity index (χ4v) is 2.35. The second-order valence-electron chi connectivity index (χ2n) is 5.86. The van der Waals surface area contributed by atoms with Crippen LogP contribution >= 0.6 is 0 Å². The molecule has 1 aromatic rings. The van der Waals surface area contributed by atoms with Gasteiger partial charge in [0.2, 0.25) is 0 Å². The Morgan fingerprint density at radius 3 is 2.53 bits per heavy atom. The standard InChI is InChI=1S/C16H22FNO/c1-10(2)18(9-13-5-6-13)16-7-11(3)15(17)8-14(16)12(4)19/h7-8,10,13H,5-6,9H2,1-4H3. The lowest BCUT2D eigenvalue weighted by molar-refractivity contribution is 0.101. The van der Waals surface area contributed by atoms with Crippen molar-refractivity contribution in [3.8, 4) is 0 Å². The fraction of sp³-hybridized carbons (Fsp3) is 0.562. The van der Waals surface area contributed by atoms with E-state index in [0.717, 1.165) is 18.2 Å². The van der Waals surface area contributed by atoms with Crippen LogP contribution in [-0.2, 0) is 0 Å². The highest BCUT2D eigenvalue weighted by Crippen LogP contribution is 2.34. The van der Waals surface area contributed by atoms with Crippen LogP contribution < -0.4 is 4.90 Å². The van der Waals surface area contributed by atoms with E-state index in [2.05, 4.69) is 18.7 Å². The Labute approximate surface area is 114 Å².